The molecule has 7 rings (SSSR count). The van der Waals surface area contributed by atoms with Gasteiger partial charge < -0.3 is 9.26 Å². The van der Waals surface area contributed by atoms with E-state index < -0.39 is 11.5 Å². The largest absolute Gasteiger partial charge is 0.497 e. The van der Waals surface area contributed by atoms with Crippen LogP contribution in [0, 0.1) is 5.41 Å². The number of methoxy groups -OCH3 is 1. The molecule has 46 heavy (non-hydrogen) atoms. The van der Waals surface area contributed by atoms with Crippen LogP contribution in [-0.2, 0) is 0 Å². The predicted octanol–water partition coefficient (Wildman–Crippen LogP) is 9.53. The Morgan fingerprint density at radius 3 is 1.98 bits per heavy atom. The lowest BCUT2D eigenvalue weighted by molar-refractivity contribution is 0.0869. The van der Waals surface area contributed by atoms with Gasteiger partial charge in [0.1, 0.15) is 16.9 Å². The molecule has 0 saturated carbocycles. The van der Waals surface area contributed by atoms with Crippen LogP contribution in [0.15, 0.2) is 149 Å². The first kappa shape index (κ1) is 29.3. The number of aromatic nitrogens is 1. The van der Waals surface area contributed by atoms with Gasteiger partial charge in [-0.25, -0.2) is 0 Å². The van der Waals surface area contributed by atoms with Gasteiger partial charge >= 0.3 is 0 Å². The molecule has 0 spiro atoms. The molecule has 0 N–H and O–H groups in total. The van der Waals surface area contributed by atoms with E-state index in [0.717, 1.165) is 27.9 Å². The normalized spacial score (nSPS) is 17.5. The van der Waals surface area contributed by atoms with Gasteiger partial charge in [0, 0.05) is 16.1 Å². The van der Waals surface area contributed by atoms with E-state index in [1.54, 1.807) is 7.11 Å². The third kappa shape index (κ3) is 5.07. The number of hydrogen-bond donors (Lipinski definition) is 0. The Morgan fingerprint density at radius 2 is 1.35 bits per heavy atom. The number of ether oxygens (including phenoxy) is 1. The summed E-state index contributed by atoms with van der Waals surface area (Å²) in [6, 6.07) is 44.0. The molecule has 0 fully saturated rings. The molecule has 5 aromatic carbocycles. The molecule has 7 heteroatoms. The minimum atomic E-state index is -1.21. The molecule has 6 aromatic rings. The SMILES string of the molecule is COc1ccc(-c2noc(-c3ccccc3)c2C(=O)C2(C)C(c3ccc(Cl)cc3)=NN(c3ccccc3)C2c2ccccc2)cc1. The van der Waals surface area contributed by atoms with Gasteiger partial charge in [0.25, 0.3) is 0 Å². The van der Waals surface area contributed by atoms with Gasteiger partial charge in [-0.15, -0.1) is 0 Å². The van der Waals surface area contributed by atoms with Crippen molar-refractivity contribution in [2.75, 3.05) is 12.1 Å². The standard InChI is InChI=1S/C39H30ClN3O3/c1-39(38(44)33-34(26-20-24-32(45-2)25-21-26)42-46-35(33)27-12-6-3-7-13-27)36(28-18-22-30(40)23-19-28)41-43(31-16-10-5-11-17-31)37(39)29-14-8-4-9-15-29/h3-25,37H,1-2H3. The van der Waals surface area contributed by atoms with Gasteiger partial charge in [-0.3, -0.25) is 9.80 Å². The second-order valence-corrected chi connectivity index (χ2v) is 11.7. The van der Waals surface area contributed by atoms with E-state index in [-0.39, 0.29) is 5.78 Å². The number of para-hydroxylation sites is 1. The molecule has 1 aliphatic heterocycles. The summed E-state index contributed by atoms with van der Waals surface area (Å²) >= 11 is 6.33. The van der Waals surface area contributed by atoms with E-state index in [1.807, 2.05) is 151 Å². The van der Waals surface area contributed by atoms with E-state index >= 15 is 4.79 Å². The molecule has 226 valence electrons. The zero-order valence-electron chi connectivity index (χ0n) is 25.3. The van der Waals surface area contributed by atoms with E-state index in [4.69, 9.17) is 26.0 Å². The van der Waals surface area contributed by atoms with Crippen molar-refractivity contribution < 1.29 is 14.1 Å². The van der Waals surface area contributed by atoms with Gasteiger partial charge in [-0.05, 0) is 66.6 Å². The molecule has 0 amide bonds. The molecular formula is C39H30ClN3O3. The Morgan fingerprint density at radius 1 is 0.761 bits per heavy atom. The summed E-state index contributed by atoms with van der Waals surface area (Å²) in [5.74, 6) is 0.934. The summed E-state index contributed by atoms with van der Waals surface area (Å²) in [7, 11) is 1.62. The second-order valence-electron chi connectivity index (χ2n) is 11.3. The fraction of sp³-hybridized carbons (Fsp3) is 0.103. The Bertz CT molecular complexity index is 2010. The maximum atomic E-state index is 15.7. The van der Waals surface area contributed by atoms with Gasteiger partial charge in [0.2, 0.25) is 0 Å². The van der Waals surface area contributed by atoms with Gasteiger partial charge in [0.05, 0.1) is 30.1 Å². The summed E-state index contributed by atoms with van der Waals surface area (Å²) in [6.07, 6.45) is 0. The van der Waals surface area contributed by atoms with E-state index in [0.29, 0.717) is 33.5 Å². The van der Waals surface area contributed by atoms with Crippen molar-refractivity contribution in [3.8, 4) is 28.3 Å². The quantitative estimate of drug-likeness (QED) is 0.158. The van der Waals surface area contributed by atoms with Crippen LogP contribution in [0.1, 0.15) is 34.5 Å². The maximum absolute atomic E-state index is 15.7. The first-order valence-corrected chi connectivity index (χ1v) is 15.4. The minimum absolute atomic E-state index is 0.167. The Hall–Kier alpha value is -5.46. The molecule has 1 aliphatic rings. The molecule has 2 unspecified atom stereocenters. The molecule has 0 radical (unpaired) electrons. The Balaban J connectivity index is 1.50. The fourth-order valence-electron chi connectivity index (χ4n) is 6.23. The van der Waals surface area contributed by atoms with Crippen molar-refractivity contribution in [3.63, 3.8) is 0 Å². The van der Waals surface area contributed by atoms with Crippen LogP contribution in [-0.4, -0.2) is 23.8 Å². The topological polar surface area (TPSA) is 67.9 Å². The highest BCUT2D eigenvalue weighted by molar-refractivity contribution is 6.31. The molecule has 0 saturated heterocycles. The number of nitrogens with zero attached hydrogens (tertiary/aromatic N) is 3. The summed E-state index contributed by atoms with van der Waals surface area (Å²) in [5.41, 5.74) is 4.34. The molecule has 1 aromatic heterocycles. The van der Waals surface area contributed by atoms with E-state index in [9.17, 15) is 0 Å². The van der Waals surface area contributed by atoms with Crippen LogP contribution < -0.4 is 9.75 Å². The molecular weight excluding hydrogens is 594 g/mol. The molecule has 0 aliphatic carbocycles. The van der Waals surface area contributed by atoms with Crippen LogP contribution in [0.3, 0.4) is 0 Å². The van der Waals surface area contributed by atoms with E-state index in [2.05, 4.69) is 5.16 Å². The summed E-state index contributed by atoms with van der Waals surface area (Å²) in [5, 5.41) is 12.3. The first-order valence-electron chi connectivity index (χ1n) is 15.0. The Labute approximate surface area is 272 Å². The number of hydrogen-bond acceptors (Lipinski definition) is 6. The fourth-order valence-corrected chi connectivity index (χ4v) is 6.36. The molecule has 2 atom stereocenters. The van der Waals surface area contributed by atoms with Gasteiger partial charge in [0.15, 0.2) is 11.5 Å². The number of anilines is 1. The number of halogens is 1. The van der Waals surface area contributed by atoms with Crippen molar-refractivity contribution in [1.29, 1.82) is 0 Å². The van der Waals surface area contributed by atoms with Crippen molar-refractivity contribution in [2.24, 2.45) is 10.5 Å². The highest BCUT2D eigenvalue weighted by Crippen LogP contribution is 2.52. The number of benzene rings is 5. The summed E-state index contributed by atoms with van der Waals surface area (Å²) in [6.45, 7) is 1.98. The predicted molar refractivity (Wildman–Crippen MR) is 182 cm³/mol. The number of rotatable bonds is 8. The highest BCUT2D eigenvalue weighted by atomic mass is 35.5. The van der Waals surface area contributed by atoms with Crippen molar-refractivity contribution in [3.05, 3.63) is 161 Å². The lowest BCUT2D eigenvalue weighted by atomic mass is 9.68. The lowest BCUT2D eigenvalue weighted by Gasteiger charge is -2.35. The smallest absolute Gasteiger partial charge is 0.183 e. The number of hydrazone groups is 1. The van der Waals surface area contributed by atoms with Crippen LogP contribution in [0.25, 0.3) is 22.6 Å². The zero-order valence-corrected chi connectivity index (χ0v) is 26.1. The number of carbonyl (C=O) groups is 1. The number of Topliss-reactive ketones (excluding diaryl/α,β-unsaturated/α-hetero) is 1. The maximum Gasteiger partial charge on any atom is 0.183 e. The van der Waals surface area contributed by atoms with Crippen LogP contribution in [0.2, 0.25) is 5.02 Å². The molecule has 6 nitrogen and oxygen atoms in total. The average molecular weight is 624 g/mol. The molecule has 2 heterocycles. The first-order chi connectivity index (χ1) is 22.5. The van der Waals surface area contributed by atoms with Crippen molar-refractivity contribution >= 4 is 28.8 Å². The summed E-state index contributed by atoms with van der Waals surface area (Å²) < 4.78 is 11.5. The van der Waals surface area contributed by atoms with E-state index in [1.165, 1.54) is 0 Å². The highest BCUT2D eigenvalue weighted by Gasteiger charge is 2.56. The molecule has 0 bridgehead atoms. The summed E-state index contributed by atoms with van der Waals surface area (Å²) in [4.78, 5) is 15.7. The van der Waals surface area contributed by atoms with Gasteiger partial charge in [-0.2, -0.15) is 5.10 Å². The van der Waals surface area contributed by atoms with Crippen LogP contribution >= 0.6 is 11.6 Å². The number of ketones is 1. The Kier molecular flexibility index (Phi) is 7.73. The van der Waals surface area contributed by atoms with Gasteiger partial charge in [-0.1, -0.05) is 108 Å². The second kappa shape index (κ2) is 12.1. The monoisotopic (exact) mass is 623 g/mol. The lowest BCUT2D eigenvalue weighted by Crippen LogP contribution is -2.42. The third-order valence-corrected chi connectivity index (χ3v) is 8.79. The van der Waals surface area contributed by atoms with Crippen molar-refractivity contribution in [1.82, 2.24) is 5.16 Å². The minimum Gasteiger partial charge on any atom is -0.497 e. The van der Waals surface area contributed by atoms with Crippen molar-refractivity contribution in [2.45, 2.75) is 13.0 Å². The third-order valence-electron chi connectivity index (χ3n) is 8.54. The average Bonchev–Trinajstić information content (AvgIpc) is 3.70. The number of carbonyl (C=O) groups excluding carboxylic acids is 1. The van der Waals surface area contributed by atoms with Crippen LogP contribution in [0.5, 0.6) is 5.75 Å². The van der Waals surface area contributed by atoms with Crippen LogP contribution in [0.4, 0.5) is 5.69 Å². The zero-order chi connectivity index (χ0) is 31.7.